The molecule has 0 spiro atoms. The van der Waals surface area contributed by atoms with Crippen LogP contribution in [0.15, 0.2) is 18.2 Å². The van der Waals surface area contributed by atoms with Crippen molar-refractivity contribution in [3.05, 3.63) is 34.9 Å². The van der Waals surface area contributed by atoms with E-state index in [2.05, 4.69) is 19.1 Å². The molecule has 2 saturated carbocycles. The molecule has 2 heteroatoms. The molecule has 0 radical (unpaired) electrons. The summed E-state index contributed by atoms with van der Waals surface area (Å²) in [6, 6.07) is 8.57. The van der Waals surface area contributed by atoms with E-state index in [9.17, 15) is 10.1 Å². The molecule has 0 amide bonds. The van der Waals surface area contributed by atoms with Crippen molar-refractivity contribution in [2.24, 2.45) is 17.3 Å². The van der Waals surface area contributed by atoms with Crippen LogP contribution in [0.2, 0.25) is 0 Å². The van der Waals surface area contributed by atoms with Crippen LogP contribution in [-0.2, 0) is 11.2 Å². The zero-order valence-corrected chi connectivity index (χ0v) is 12.6. The van der Waals surface area contributed by atoms with Crippen LogP contribution in [0.5, 0.6) is 0 Å². The predicted molar refractivity (Wildman–Crippen MR) is 80.8 cm³/mol. The van der Waals surface area contributed by atoms with Crippen LogP contribution < -0.4 is 0 Å². The molecule has 4 atom stereocenters. The van der Waals surface area contributed by atoms with Crippen molar-refractivity contribution in [3.63, 3.8) is 0 Å². The Bertz CT molecular complexity index is 656. The lowest BCUT2D eigenvalue weighted by Gasteiger charge is -2.48. The zero-order valence-electron chi connectivity index (χ0n) is 12.6. The molecule has 108 valence electrons. The molecule has 0 bridgehead atoms. The van der Waals surface area contributed by atoms with Gasteiger partial charge < -0.3 is 0 Å². The molecule has 0 aliphatic heterocycles. The highest BCUT2D eigenvalue weighted by Gasteiger charge is 2.54. The van der Waals surface area contributed by atoms with Gasteiger partial charge in [-0.1, -0.05) is 19.1 Å². The summed E-state index contributed by atoms with van der Waals surface area (Å²) in [5, 5.41) is 9.32. The maximum atomic E-state index is 12.3. The maximum absolute atomic E-state index is 12.3. The second-order valence-electron chi connectivity index (χ2n) is 7.32. The predicted octanol–water partition coefficient (Wildman–Crippen LogP) is 3.98. The molecule has 4 rings (SSSR count). The van der Waals surface area contributed by atoms with Crippen molar-refractivity contribution in [2.75, 3.05) is 0 Å². The number of nitriles is 1. The summed E-state index contributed by atoms with van der Waals surface area (Å²) in [5.74, 6) is 2.30. The summed E-state index contributed by atoms with van der Waals surface area (Å²) in [4.78, 5) is 12.3. The van der Waals surface area contributed by atoms with E-state index in [1.165, 1.54) is 11.1 Å². The topological polar surface area (TPSA) is 40.9 Å². The first-order valence-electron chi connectivity index (χ1n) is 8.20. The van der Waals surface area contributed by atoms with Gasteiger partial charge in [0.15, 0.2) is 0 Å². The van der Waals surface area contributed by atoms with Crippen LogP contribution in [0.1, 0.15) is 61.6 Å². The average molecular weight is 279 g/mol. The third-order valence-corrected chi connectivity index (χ3v) is 6.61. The van der Waals surface area contributed by atoms with Crippen molar-refractivity contribution in [1.29, 1.82) is 5.26 Å². The molecule has 21 heavy (non-hydrogen) atoms. The number of Topliss-reactive ketones (excluding diaryl/α,β-unsaturated/α-hetero) is 1. The minimum atomic E-state index is -0.0501. The minimum Gasteiger partial charge on any atom is -0.299 e. The number of rotatable bonds is 0. The molecular formula is C19H21NO. The minimum absolute atomic E-state index is 0.0501. The highest BCUT2D eigenvalue weighted by atomic mass is 16.1. The zero-order chi connectivity index (χ0) is 14.6. The molecule has 3 aliphatic carbocycles. The number of hydrogen-bond acceptors (Lipinski definition) is 2. The maximum Gasteiger partial charge on any atom is 0.139 e. The summed E-state index contributed by atoms with van der Waals surface area (Å²) < 4.78 is 0. The van der Waals surface area contributed by atoms with Gasteiger partial charge in [-0.25, -0.2) is 0 Å². The second-order valence-corrected chi connectivity index (χ2v) is 7.32. The van der Waals surface area contributed by atoms with E-state index < -0.39 is 0 Å². The normalized spacial score (nSPS) is 37.3. The smallest absolute Gasteiger partial charge is 0.139 e. The van der Waals surface area contributed by atoms with Crippen LogP contribution in [-0.4, -0.2) is 5.78 Å². The van der Waals surface area contributed by atoms with Gasteiger partial charge in [0.2, 0.25) is 0 Å². The molecule has 0 N–H and O–H groups in total. The fourth-order valence-electron chi connectivity index (χ4n) is 5.49. The van der Waals surface area contributed by atoms with Crippen LogP contribution >= 0.6 is 0 Å². The fraction of sp³-hybridized carbons (Fsp3) is 0.579. The molecule has 3 aliphatic rings. The van der Waals surface area contributed by atoms with Crippen LogP contribution in [0.25, 0.3) is 0 Å². The Balaban J connectivity index is 1.76. The lowest BCUT2D eigenvalue weighted by Crippen LogP contribution is -2.42. The van der Waals surface area contributed by atoms with Gasteiger partial charge in [0.05, 0.1) is 11.6 Å². The van der Waals surface area contributed by atoms with E-state index in [0.29, 0.717) is 23.5 Å². The Hall–Kier alpha value is -1.62. The third kappa shape index (κ3) is 1.67. The van der Waals surface area contributed by atoms with Gasteiger partial charge in [0.25, 0.3) is 0 Å². The Morgan fingerprint density at radius 3 is 2.90 bits per heavy atom. The summed E-state index contributed by atoms with van der Waals surface area (Å²) in [6.07, 6.45) is 6.20. The van der Waals surface area contributed by atoms with Crippen LogP contribution in [0.4, 0.5) is 0 Å². The Kier molecular flexibility index (Phi) is 2.76. The summed E-state index contributed by atoms with van der Waals surface area (Å²) >= 11 is 0. The van der Waals surface area contributed by atoms with Crippen molar-refractivity contribution in [3.8, 4) is 6.07 Å². The summed E-state index contributed by atoms with van der Waals surface area (Å²) in [6.45, 7) is 2.21. The third-order valence-electron chi connectivity index (χ3n) is 6.61. The molecule has 1 aromatic rings. The average Bonchev–Trinajstić information content (AvgIpc) is 2.82. The number of nitrogens with zero attached hydrogens (tertiary/aromatic N) is 1. The second kappa shape index (κ2) is 4.44. The van der Waals surface area contributed by atoms with Crippen LogP contribution in [0, 0.1) is 28.6 Å². The molecular weight excluding hydrogens is 258 g/mol. The van der Waals surface area contributed by atoms with Crippen LogP contribution in [0.3, 0.4) is 0 Å². The molecule has 0 heterocycles. The van der Waals surface area contributed by atoms with E-state index in [1.807, 2.05) is 12.1 Å². The van der Waals surface area contributed by atoms with Crippen molar-refractivity contribution in [1.82, 2.24) is 0 Å². The van der Waals surface area contributed by atoms with Gasteiger partial charge >= 0.3 is 0 Å². The number of carbonyl (C=O) groups excluding carboxylic acids is 1. The van der Waals surface area contributed by atoms with Gasteiger partial charge in [0, 0.05) is 11.8 Å². The number of fused-ring (bicyclic) bond motifs is 5. The summed E-state index contributed by atoms with van der Waals surface area (Å²) in [7, 11) is 0. The standard InChI is InChI=1S/C19H21NO/c1-19-10-9-15-14-4-2-3-12(11-20)13(14)5-6-16(15)17(19)7-8-18(19)21/h2-4,15-17H,5-10H2,1H3/t15-,16-,17+,19+/m1/s1. The lowest BCUT2D eigenvalue weighted by molar-refractivity contribution is -0.129. The Labute approximate surface area is 126 Å². The first-order chi connectivity index (χ1) is 10.1. The first kappa shape index (κ1) is 13.1. The lowest BCUT2D eigenvalue weighted by atomic mass is 9.55. The monoisotopic (exact) mass is 279 g/mol. The van der Waals surface area contributed by atoms with Crippen molar-refractivity contribution in [2.45, 2.75) is 51.4 Å². The Morgan fingerprint density at radius 1 is 1.24 bits per heavy atom. The van der Waals surface area contributed by atoms with Crippen molar-refractivity contribution >= 4 is 5.78 Å². The van der Waals surface area contributed by atoms with Gasteiger partial charge in [-0.2, -0.15) is 5.26 Å². The number of ketones is 1. The first-order valence-corrected chi connectivity index (χ1v) is 8.20. The molecule has 0 unspecified atom stereocenters. The van der Waals surface area contributed by atoms with Crippen molar-refractivity contribution < 1.29 is 4.79 Å². The van der Waals surface area contributed by atoms with E-state index in [1.54, 1.807) is 0 Å². The quantitative estimate of drug-likeness (QED) is 0.720. The fourth-order valence-corrected chi connectivity index (χ4v) is 5.49. The molecule has 2 fully saturated rings. The van der Waals surface area contributed by atoms with Gasteiger partial charge in [-0.3, -0.25) is 4.79 Å². The van der Waals surface area contributed by atoms with Gasteiger partial charge in [-0.05, 0) is 67.1 Å². The number of benzene rings is 1. The van der Waals surface area contributed by atoms with Gasteiger partial charge in [-0.15, -0.1) is 0 Å². The van der Waals surface area contributed by atoms with E-state index in [0.717, 1.165) is 44.1 Å². The highest BCUT2D eigenvalue weighted by Crippen LogP contribution is 2.59. The number of hydrogen-bond donors (Lipinski definition) is 0. The molecule has 0 saturated heterocycles. The number of carbonyl (C=O) groups is 1. The molecule has 2 nitrogen and oxygen atoms in total. The SMILES string of the molecule is C[C@]12CC[C@@H]3c4cccc(C#N)c4CC[C@H]3[C@@H]1CCC2=O. The van der Waals surface area contributed by atoms with E-state index in [4.69, 9.17) is 0 Å². The molecule has 1 aromatic carbocycles. The Morgan fingerprint density at radius 2 is 2.10 bits per heavy atom. The van der Waals surface area contributed by atoms with E-state index in [-0.39, 0.29) is 5.41 Å². The molecule has 0 aromatic heterocycles. The van der Waals surface area contributed by atoms with Gasteiger partial charge in [0.1, 0.15) is 5.78 Å². The summed E-state index contributed by atoms with van der Waals surface area (Å²) in [5.41, 5.74) is 3.51. The highest BCUT2D eigenvalue weighted by molar-refractivity contribution is 5.87. The van der Waals surface area contributed by atoms with E-state index >= 15 is 0 Å². The largest absolute Gasteiger partial charge is 0.299 e.